The van der Waals surface area contributed by atoms with Crippen molar-refractivity contribution in [3.05, 3.63) is 30.5 Å². The number of anilines is 1. The van der Waals surface area contributed by atoms with Crippen LogP contribution in [0, 0.1) is 0 Å². The van der Waals surface area contributed by atoms with E-state index in [0.29, 0.717) is 29.1 Å². The predicted molar refractivity (Wildman–Crippen MR) is 71.2 cm³/mol. The number of ether oxygens (including phenoxy) is 3. The molecule has 6 heteroatoms. The molecule has 100 valence electrons. The number of hydrogen-bond acceptors (Lipinski definition) is 6. The number of nitrogens with zero attached hydrogens (tertiary/aromatic N) is 2. The molecule has 0 radical (unpaired) electrons. The van der Waals surface area contributed by atoms with E-state index in [2.05, 4.69) is 15.3 Å². The van der Waals surface area contributed by atoms with Crippen LogP contribution >= 0.6 is 0 Å². The molecule has 0 amide bonds. The number of benzene rings is 1. The molecule has 0 saturated carbocycles. The second-order valence-corrected chi connectivity index (χ2v) is 3.62. The lowest BCUT2D eigenvalue weighted by Crippen LogP contribution is -1.97. The summed E-state index contributed by atoms with van der Waals surface area (Å²) in [7, 11) is 4.92. The largest absolute Gasteiger partial charge is 0.496 e. The maximum absolute atomic E-state index is 5.65. The molecule has 0 atom stereocenters. The van der Waals surface area contributed by atoms with E-state index < -0.39 is 0 Å². The molecule has 2 aromatic rings. The van der Waals surface area contributed by atoms with E-state index in [1.807, 2.05) is 0 Å². The van der Waals surface area contributed by atoms with Gasteiger partial charge in [0.2, 0.25) is 11.8 Å². The lowest BCUT2D eigenvalue weighted by molar-refractivity contribution is 0.385. The van der Waals surface area contributed by atoms with Gasteiger partial charge in [0, 0.05) is 37.5 Å². The highest BCUT2D eigenvalue weighted by molar-refractivity contribution is 5.43. The first kappa shape index (κ1) is 12.9. The van der Waals surface area contributed by atoms with Gasteiger partial charge in [-0.25, -0.2) is 4.98 Å². The maximum Gasteiger partial charge on any atom is 0.225 e. The Morgan fingerprint density at radius 3 is 2.21 bits per heavy atom. The number of aromatic nitrogens is 2. The first-order chi connectivity index (χ1) is 9.25. The lowest BCUT2D eigenvalue weighted by Gasteiger charge is -2.09. The molecule has 0 saturated heterocycles. The first-order valence-corrected chi connectivity index (χ1v) is 5.67. The van der Waals surface area contributed by atoms with Gasteiger partial charge in [-0.15, -0.1) is 0 Å². The Morgan fingerprint density at radius 2 is 1.63 bits per heavy atom. The summed E-state index contributed by atoms with van der Waals surface area (Å²) in [6.45, 7) is 0. The highest BCUT2D eigenvalue weighted by Gasteiger charge is 2.05. The Morgan fingerprint density at radius 1 is 1.00 bits per heavy atom. The third-order valence-corrected chi connectivity index (χ3v) is 2.40. The van der Waals surface area contributed by atoms with Crippen molar-refractivity contribution in [2.24, 2.45) is 0 Å². The number of methoxy groups -OCH3 is 2. The lowest BCUT2D eigenvalue weighted by atomic mass is 10.3. The highest BCUT2D eigenvalue weighted by atomic mass is 16.5. The quantitative estimate of drug-likeness (QED) is 0.891. The van der Waals surface area contributed by atoms with Crippen LogP contribution in [0.1, 0.15) is 0 Å². The molecule has 0 fully saturated rings. The van der Waals surface area contributed by atoms with Crippen LogP contribution < -0.4 is 19.5 Å². The summed E-state index contributed by atoms with van der Waals surface area (Å²) in [6, 6.07) is 6.95. The normalized spacial score (nSPS) is 9.84. The van der Waals surface area contributed by atoms with Gasteiger partial charge in [0.1, 0.15) is 17.2 Å². The van der Waals surface area contributed by atoms with Crippen LogP contribution in [0.25, 0.3) is 0 Å². The van der Waals surface area contributed by atoms with Crippen LogP contribution in [0.15, 0.2) is 30.5 Å². The number of hydrogen-bond donors (Lipinski definition) is 1. The van der Waals surface area contributed by atoms with Crippen molar-refractivity contribution < 1.29 is 14.2 Å². The summed E-state index contributed by atoms with van der Waals surface area (Å²) < 4.78 is 16.0. The molecule has 6 nitrogen and oxygen atoms in total. The zero-order valence-electron chi connectivity index (χ0n) is 11.0. The second-order valence-electron chi connectivity index (χ2n) is 3.62. The van der Waals surface area contributed by atoms with Gasteiger partial charge in [-0.05, 0) is 0 Å². The minimum absolute atomic E-state index is 0.439. The third kappa shape index (κ3) is 3.25. The van der Waals surface area contributed by atoms with Crippen molar-refractivity contribution in [2.75, 3.05) is 26.6 Å². The van der Waals surface area contributed by atoms with Gasteiger partial charge >= 0.3 is 0 Å². The topological polar surface area (TPSA) is 65.5 Å². The molecular weight excluding hydrogens is 246 g/mol. The maximum atomic E-state index is 5.65. The molecule has 0 unspecified atom stereocenters. The first-order valence-electron chi connectivity index (χ1n) is 5.67. The molecular formula is C13H15N3O3. The van der Waals surface area contributed by atoms with Crippen LogP contribution in [-0.4, -0.2) is 31.2 Å². The summed E-state index contributed by atoms with van der Waals surface area (Å²) >= 11 is 0. The van der Waals surface area contributed by atoms with E-state index in [1.165, 1.54) is 0 Å². The molecule has 0 aliphatic rings. The molecule has 1 heterocycles. The Balaban J connectivity index is 2.26. The van der Waals surface area contributed by atoms with Crippen LogP contribution in [-0.2, 0) is 0 Å². The highest BCUT2D eigenvalue weighted by Crippen LogP contribution is 2.30. The summed E-state index contributed by atoms with van der Waals surface area (Å²) in [5.41, 5.74) is 0. The monoisotopic (exact) mass is 261 g/mol. The molecule has 0 spiro atoms. The molecule has 1 aromatic heterocycles. The van der Waals surface area contributed by atoms with E-state index in [4.69, 9.17) is 14.2 Å². The fraction of sp³-hybridized carbons (Fsp3) is 0.231. The summed E-state index contributed by atoms with van der Waals surface area (Å²) in [5, 5.41) is 2.85. The van der Waals surface area contributed by atoms with Gasteiger partial charge in [0.15, 0.2) is 0 Å². The average molecular weight is 261 g/mol. The Hall–Kier alpha value is -2.50. The van der Waals surface area contributed by atoms with Crippen LogP contribution in [0.3, 0.4) is 0 Å². The van der Waals surface area contributed by atoms with E-state index in [0.717, 1.165) is 0 Å². The van der Waals surface area contributed by atoms with Gasteiger partial charge in [-0.2, -0.15) is 4.98 Å². The van der Waals surface area contributed by atoms with Crippen molar-refractivity contribution in [1.29, 1.82) is 0 Å². The van der Waals surface area contributed by atoms with Gasteiger partial charge in [-0.3, -0.25) is 0 Å². The smallest absolute Gasteiger partial charge is 0.225 e. The summed E-state index contributed by atoms with van der Waals surface area (Å²) in [6.07, 6.45) is 1.62. The van der Waals surface area contributed by atoms with E-state index in [9.17, 15) is 0 Å². The minimum Gasteiger partial charge on any atom is -0.496 e. The Kier molecular flexibility index (Phi) is 4.02. The second kappa shape index (κ2) is 5.90. The SMILES string of the molecule is CNc1nccc(Oc2cc(OC)cc(OC)c2)n1. The van der Waals surface area contributed by atoms with Gasteiger partial charge in [-0.1, -0.05) is 0 Å². The molecule has 0 bridgehead atoms. The molecule has 0 aliphatic carbocycles. The van der Waals surface area contributed by atoms with Gasteiger partial charge < -0.3 is 19.5 Å². The van der Waals surface area contributed by atoms with E-state index in [-0.39, 0.29) is 0 Å². The van der Waals surface area contributed by atoms with Gasteiger partial charge in [0.05, 0.1) is 14.2 Å². The van der Waals surface area contributed by atoms with Crippen LogP contribution in [0.5, 0.6) is 23.1 Å². The molecule has 19 heavy (non-hydrogen) atoms. The summed E-state index contributed by atoms with van der Waals surface area (Å²) in [4.78, 5) is 8.19. The summed E-state index contributed by atoms with van der Waals surface area (Å²) in [5.74, 6) is 2.81. The standard InChI is InChI=1S/C13H15N3O3/c1-14-13-15-5-4-12(16-13)19-11-7-9(17-2)6-10(8-11)18-3/h4-8H,1-3H3,(H,14,15,16). The fourth-order valence-electron chi connectivity index (χ4n) is 1.48. The van der Waals surface area contributed by atoms with Gasteiger partial charge in [0.25, 0.3) is 0 Å². The average Bonchev–Trinajstić information content (AvgIpc) is 2.47. The number of nitrogens with one attached hydrogen (secondary N) is 1. The van der Waals surface area contributed by atoms with Crippen molar-refractivity contribution in [1.82, 2.24) is 9.97 Å². The fourth-order valence-corrected chi connectivity index (χ4v) is 1.48. The number of rotatable bonds is 5. The third-order valence-electron chi connectivity index (χ3n) is 2.40. The Labute approximate surface area is 111 Å². The molecule has 1 aromatic carbocycles. The predicted octanol–water partition coefficient (Wildman–Crippen LogP) is 2.33. The molecule has 0 aliphatic heterocycles. The molecule has 1 N–H and O–H groups in total. The molecule has 2 rings (SSSR count). The van der Waals surface area contributed by atoms with Crippen LogP contribution in [0.4, 0.5) is 5.95 Å². The van der Waals surface area contributed by atoms with Crippen molar-refractivity contribution in [3.8, 4) is 23.1 Å². The zero-order chi connectivity index (χ0) is 13.7. The van der Waals surface area contributed by atoms with E-state index in [1.54, 1.807) is 51.7 Å². The van der Waals surface area contributed by atoms with Crippen molar-refractivity contribution >= 4 is 5.95 Å². The minimum atomic E-state index is 0.439. The van der Waals surface area contributed by atoms with Crippen LogP contribution in [0.2, 0.25) is 0 Å². The zero-order valence-corrected chi connectivity index (χ0v) is 11.0. The van der Waals surface area contributed by atoms with Crippen molar-refractivity contribution in [3.63, 3.8) is 0 Å². The van der Waals surface area contributed by atoms with E-state index >= 15 is 0 Å². The Bertz CT molecular complexity index is 538. The van der Waals surface area contributed by atoms with Crippen molar-refractivity contribution in [2.45, 2.75) is 0 Å².